The van der Waals surface area contributed by atoms with Crippen LogP contribution in [0.4, 0.5) is 13.2 Å². The van der Waals surface area contributed by atoms with Crippen LogP contribution in [0, 0.1) is 0 Å². The van der Waals surface area contributed by atoms with Gasteiger partial charge in [-0.15, -0.1) is 0 Å². The molecule has 7 heteroatoms. The van der Waals surface area contributed by atoms with Crippen molar-refractivity contribution in [2.24, 2.45) is 0 Å². The first kappa shape index (κ1) is 10.9. The highest BCUT2D eigenvalue weighted by molar-refractivity contribution is 7.08. The highest BCUT2D eigenvalue weighted by Gasteiger charge is 2.32. The third-order valence-corrected chi connectivity index (χ3v) is 2.55. The van der Waals surface area contributed by atoms with Gasteiger partial charge in [0.1, 0.15) is 5.69 Å². The van der Waals surface area contributed by atoms with Crippen LogP contribution in [0.2, 0.25) is 0 Å². The van der Waals surface area contributed by atoms with Crippen molar-refractivity contribution in [3.63, 3.8) is 0 Å². The van der Waals surface area contributed by atoms with Gasteiger partial charge in [0.05, 0.1) is 5.69 Å². The van der Waals surface area contributed by atoms with Gasteiger partial charge < -0.3 is 4.98 Å². The van der Waals surface area contributed by atoms with E-state index in [1.165, 1.54) is 11.3 Å². The molecule has 0 aromatic carbocycles. The summed E-state index contributed by atoms with van der Waals surface area (Å²) >= 11 is 1.32. The van der Waals surface area contributed by atoms with E-state index >= 15 is 0 Å². The number of H-pyrrole nitrogens is 1. The quantitative estimate of drug-likeness (QED) is 0.840. The lowest BCUT2D eigenvalue weighted by Gasteiger charge is -2.06. The minimum Gasteiger partial charge on any atom is -0.302 e. The number of thiophene rings is 1. The number of nitrogens with zero attached hydrogens (tertiary/aromatic N) is 1. The van der Waals surface area contributed by atoms with E-state index in [9.17, 15) is 18.0 Å². The van der Waals surface area contributed by atoms with Crippen LogP contribution in [0.25, 0.3) is 11.3 Å². The summed E-state index contributed by atoms with van der Waals surface area (Å²) < 4.78 is 37.2. The maximum atomic E-state index is 12.4. The van der Waals surface area contributed by atoms with Gasteiger partial charge in [-0.25, -0.2) is 4.79 Å². The molecule has 3 nitrogen and oxygen atoms in total. The molecule has 2 heterocycles. The Kier molecular flexibility index (Phi) is 2.55. The molecule has 0 saturated carbocycles. The van der Waals surface area contributed by atoms with Crippen LogP contribution in [0.1, 0.15) is 5.69 Å². The van der Waals surface area contributed by atoms with E-state index in [2.05, 4.69) is 4.98 Å². The Balaban J connectivity index is 2.57. The number of aromatic amines is 1. The second-order valence-electron chi connectivity index (χ2n) is 2.99. The van der Waals surface area contributed by atoms with Crippen LogP contribution < -0.4 is 5.69 Å². The number of hydrogen-bond donors (Lipinski definition) is 1. The third-order valence-electron chi connectivity index (χ3n) is 1.87. The fraction of sp³-hybridized carbons (Fsp3) is 0.111. The Labute approximate surface area is 91.6 Å². The molecule has 0 atom stereocenters. The van der Waals surface area contributed by atoms with Crippen molar-refractivity contribution in [2.75, 3.05) is 0 Å². The SMILES string of the molecule is O=c1nc(-c2ccsc2)cc(C(F)(F)F)[nH]1. The molecule has 0 fully saturated rings. The first-order valence-electron chi connectivity index (χ1n) is 4.18. The van der Waals surface area contributed by atoms with E-state index in [0.29, 0.717) is 5.56 Å². The molecular weight excluding hydrogens is 241 g/mol. The fourth-order valence-corrected chi connectivity index (χ4v) is 1.82. The molecule has 2 aromatic heterocycles. The second-order valence-corrected chi connectivity index (χ2v) is 3.78. The van der Waals surface area contributed by atoms with E-state index < -0.39 is 17.6 Å². The summed E-state index contributed by atoms with van der Waals surface area (Å²) in [6.07, 6.45) is -4.58. The Morgan fingerprint density at radius 2 is 2.12 bits per heavy atom. The second kappa shape index (κ2) is 3.75. The van der Waals surface area contributed by atoms with Gasteiger partial charge in [0.25, 0.3) is 0 Å². The van der Waals surface area contributed by atoms with Crippen LogP contribution in [0.3, 0.4) is 0 Å². The monoisotopic (exact) mass is 246 g/mol. The molecule has 0 spiro atoms. The Hall–Kier alpha value is -1.63. The summed E-state index contributed by atoms with van der Waals surface area (Å²) in [7, 11) is 0. The first-order chi connectivity index (χ1) is 7.47. The first-order valence-corrected chi connectivity index (χ1v) is 5.12. The molecule has 0 aliphatic heterocycles. The zero-order valence-electron chi connectivity index (χ0n) is 7.71. The van der Waals surface area contributed by atoms with E-state index in [4.69, 9.17) is 0 Å². The largest absolute Gasteiger partial charge is 0.431 e. The highest BCUT2D eigenvalue weighted by atomic mass is 32.1. The molecular formula is C9H5F3N2OS. The van der Waals surface area contributed by atoms with Crippen molar-refractivity contribution in [1.29, 1.82) is 0 Å². The van der Waals surface area contributed by atoms with Crippen LogP contribution in [0.5, 0.6) is 0 Å². The lowest BCUT2D eigenvalue weighted by Crippen LogP contribution is -2.19. The predicted molar refractivity (Wildman–Crippen MR) is 53.2 cm³/mol. The summed E-state index contributed by atoms with van der Waals surface area (Å²) in [5.41, 5.74) is -1.57. The number of aromatic nitrogens is 2. The smallest absolute Gasteiger partial charge is 0.302 e. The Morgan fingerprint density at radius 3 is 2.69 bits per heavy atom. The van der Waals surface area contributed by atoms with Gasteiger partial charge in [0, 0.05) is 10.9 Å². The maximum Gasteiger partial charge on any atom is 0.431 e. The van der Waals surface area contributed by atoms with Gasteiger partial charge in [-0.05, 0) is 17.5 Å². The molecule has 0 aliphatic rings. The molecule has 84 valence electrons. The zero-order valence-corrected chi connectivity index (χ0v) is 8.52. The lowest BCUT2D eigenvalue weighted by atomic mass is 10.2. The normalized spacial score (nSPS) is 11.7. The summed E-state index contributed by atoms with van der Waals surface area (Å²) in [6.45, 7) is 0. The number of nitrogens with one attached hydrogen (secondary N) is 1. The molecule has 2 aromatic rings. The summed E-state index contributed by atoms with van der Waals surface area (Å²) in [4.78, 5) is 16.1. The van der Waals surface area contributed by atoms with E-state index in [1.54, 1.807) is 21.8 Å². The fourth-order valence-electron chi connectivity index (χ4n) is 1.17. The summed E-state index contributed by atoms with van der Waals surface area (Å²) in [5.74, 6) is 0. The third kappa shape index (κ3) is 2.13. The van der Waals surface area contributed by atoms with Gasteiger partial charge >= 0.3 is 11.9 Å². The molecule has 0 saturated heterocycles. The van der Waals surface area contributed by atoms with Gasteiger partial charge in [0.2, 0.25) is 0 Å². The summed E-state index contributed by atoms with van der Waals surface area (Å²) in [5, 5.41) is 3.33. The minimum absolute atomic E-state index is 0.0253. The number of hydrogen-bond acceptors (Lipinski definition) is 3. The number of halogens is 3. The molecule has 0 radical (unpaired) electrons. The molecule has 1 N–H and O–H groups in total. The van der Waals surface area contributed by atoms with Crippen molar-refractivity contribution in [2.45, 2.75) is 6.18 Å². The standard InChI is InChI=1S/C9H5F3N2OS/c10-9(11,12)7-3-6(13-8(15)14-7)5-1-2-16-4-5/h1-4H,(H,13,14,15). The minimum atomic E-state index is -4.58. The van der Waals surface area contributed by atoms with Gasteiger partial charge in [-0.2, -0.15) is 29.5 Å². The molecule has 0 aliphatic carbocycles. The molecule has 0 bridgehead atoms. The number of alkyl halides is 3. The predicted octanol–water partition coefficient (Wildman–Crippen LogP) is 2.52. The molecule has 0 amide bonds. The average molecular weight is 246 g/mol. The van der Waals surface area contributed by atoms with Crippen LogP contribution in [-0.4, -0.2) is 9.97 Å². The van der Waals surface area contributed by atoms with Crippen molar-refractivity contribution in [1.82, 2.24) is 9.97 Å². The van der Waals surface area contributed by atoms with E-state index in [-0.39, 0.29) is 5.69 Å². The highest BCUT2D eigenvalue weighted by Crippen LogP contribution is 2.29. The van der Waals surface area contributed by atoms with Crippen LogP contribution in [0.15, 0.2) is 27.7 Å². The molecule has 0 unspecified atom stereocenters. The van der Waals surface area contributed by atoms with Gasteiger partial charge in [-0.1, -0.05) is 0 Å². The van der Waals surface area contributed by atoms with Gasteiger partial charge in [-0.3, -0.25) is 0 Å². The van der Waals surface area contributed by atoms with Crippen molar-refractivity contribution in [3.8, 4) is 11.3 Å². The van der Waals surface area contributed by atoms with E-state index in [1.807, 2.05) is 0 Å². The van der Waals surface area contributed by atoms with E-state index in [0.717, 1.165) is 6.07 Å². The number of rotatable bonds is 1. The van der Waals surface area contributed by atoms with Crippen molar-refractivity contribution in [3.05, 3.63) is 39.1 Å². The molecule has 16 heavy (non-hydrogen) atoms. The van der Waals surface area contributed by atoms with Crippen molar-refractivity contribution >= 4 is 11.3 Å². The van der Waals surface area contributed by atoms with Crippen molar-refractivity contribution < 1.29 is 13.2 Å². The Bertz CT molecular complexity index is 545. The van der Waals surface area contributed by atoms with Crippen LogP contribution in [-0.2, 0) is 6.18 Å². The maximum absolute atomic E-state index is 12.4. The zero-order chi connectivity index (χ0) is 11.8. The van der Waals surface area contributed by atoms with Crippen LogP contribution >= 0.6 is 11.3 Å². The Morgan fingerprint density at radius 1 is 1.38 bits per heavy atom. The summed E-state index contributed by atoms with van der Waals surface area (Å²) in [6, 6.07) is 2.43. The topological polar surface area (TPSA) is 45.8 Å². The lowest BCUT2D eigenvalue weighted by molar-refractivity contribution is -0.141. The average Bonchev–Trinajstić information content (AvgIpc) is 2.68. The molecule has 2 rings (SSSR count). The van der Waals surface area contributed by atoms with Gasteiger partial charge in [0.15, 0.2) is 0 Å².